The summed E-state index contributed by atoms with van der Waals surface area (Å²) in [5, 5.41) is 2.57. The summed E-state index contributed by atoms with van der Waals surface area (Å²) in [5.74, 6) is -0.827. The summed E-state index contributed by atoms with van der Waals surface area (Å²) in [7, 11) is 0. The second-order valence-electron chi connectivity index (χ2n) is 4.72. The lowest BCUT2D eigenvalue weighted by atomic mass is 10.2. The minimum atomic E-state index is -0.480. The molecule has 0 unspecified atom stereocenters. The van der Waals surface area contributed by atoms with Crippen molar-refractivity contribution in [1.82, 2.24) is 4.57 Å². The van der Waals surface area contributed by atoms with Gasteiger partial charge in [-0.2, -0.15) is 0 Å². The van der Waals surface area contributed by atoms with E-state index in [0.29, 0.717) is 10.0 Å². The quantitative estimate of drug-likeness (QED) is 0.727. The first-order valence-electron chi connectivity index (χ1n) is 6.63. The van der Waals surface area contributed by atoms with Gasteiger partial charge < -0.3 is 9.88 Å². The number of halogens is 2. The van der Waals surface area contributed by atoms with Gasteiger partial charge in [0.05, 0.1) is 5.69 Å². The number of carbonyl (C=O) groups excluding carboxylic acids is 1. The summed E-state index contributed by atoms with van der Waals surface area (Å²) in [4.78, 5) is 12.2. The molecule has 110 valence electrons. The highest BCUT2D eigenvalue weighted by atomic mass is 79.9. The third-order valence-electron chi connectivity index (χ3n) is 3.21. The molecule has 1 aromatic heterocycles. The fraction of sp³-hybridized carbons (Fsp3) is 0. The number of nitrogens with zero attached hydrogens (tertiary/aromatic N) is 1. The first kappa shape index (κ1) is 14.5. The van der Waals surface area contributed by atoms with E-state index < -0.39 is 5.82 Å². The SMILES string of the molecule is O=C(Nc1ccc(Br)cc1F)c1ccc(-n2cccc2)cc1. The summed E-state index contributed by atoms with van der Waals surface area (Å²) in [6, 6.07) is 15.5. The molecule has 1 N–H and O–H groups in total. The van der Waals surface area contributed by atoms with Crippen molar-refractivity contribution in [2.75, 3.05) is 5.32 Å². The lowest BCUT2D eigenvalue weighted by Gasteiger charge is -2.08. The van der Waals surface area contributed by atoms with Crippen LogP contribution in [0.25, 0.3) is 5.69 Å². The van der Waals surface area contributed by atoms with Crippen molar-refractivity contribution < 1.29 is 9.18 Å². The molecule has 2 aromatic carbocycles. The molecule has 0 saturated carbocycles. The topological polar surface area (TPSA) is 34.0 Å². The van der Waals surface area contributed by atoms with Crippen LogP contribution in [-0.4, -0.2) is 10.5 Å². The Morgan fingerprint density at radius 1 is 1.05 bits per heavy atom. The fourth-order valence-corrected chi connectivity index (χ4v) is 2.41. The number of benzene rings is 2. The highest BCUT2D eigenvalue weighted by molar-refractivity contribution is 9.10. The largest absolute Gasteiger partial charge is 0.324 e. The van der Waals surface area contributed by atoms with Gasteiger partial charge in [-0.15, -0.1) is 0 Å². The number of nitrogens with one attached hydrogen (secondary N) is 1. The minimum absolute atomic E-state index is 0.155. The van der Waals surface area contributed by atoms with E-state index >= 15 is 0 Å². The Bertz CT molecular complexity index is 798. The highest BCUT2D eigenvalue weighted by Gasteiger charge is 2.09. The Balaban J connectivity index is 1.77. The molecule has 0 atom stereocenters. The normalized spacial score (nSPS) is 10.5. The van der Waals surface area contributed by atoms with Gasteiger partial charge >= 0.3 is 0 Å². The van der Waals surface area contributed by atoms with E-state index in [1.165, 1.54) is 12.1 Å². The molecule has 0 bridgehead atoms. The first-order chi connectivity index (χ1) is 10.6. The fourth-order valence-electron chi connectivity index (χ4n) is 2.08. The smallest absolute Gasteiger partial charge is 0.255 e. The molecule has 0 saturated heterocycles. The molecule has 0 aliphatic carbocycles. The van der Waals surface area contributed by atoms with Crippen LogP contribution in [0.4, 0.5) is 10.1 Å². The number of anilines is 1. The Hall–Kier alpha value is -2.40. The summed E-state index contributed by atoms with van der Waals surface area (Å²) < 4.78 is 16.3. The average molecular weight is 359 g/mol. The zero-order valence-corrected chi connectivity index (χ0v) is 13.0. The zero-order chi connectivity index (χ0) is 15.5. The Morgan fingerprint density at radius 2 is 1.73 bits per heavy atom. The lowest BCUT2D eigenvalue weighted by molar-refractivity contribution is 0.102. The standard InChI is InChI=1S/C17H12BrFN2O/c18-13-5-8-16(15(19)11-13)20-17(22)12-3-6-14(7-4-12)21-9-1-2-10-21/h1-11H,(H,20,22). The molecule has 1 heterocycles. The van der Waals surface area contributed by atoms with Crippen LogP contribution in [0.1, 0.15) is 10.4 Å². The van der Waals surface area contributed by atoms with Crippen LogP contribution in [0.15, 0.2) is 71.5 Å². The molecule has 0 aliphatic heterocycles. The lowest BCUT2D eigenvalue weighted by Crippen LogP contribution is -2.13. The van der Waals surface area contributed by atoms with Gasteiger partial charge in [0, 0.05) is 28.1 Å². The Labute approximate surface area is 135 Å². The maximum Gasteiger partial charge on any atom is 0.255 e. The molecule has 5 heteroatoms. The summed E-state index contributed by atoms with van der Waals surface area (Å²) in [5.41, 5.74) is 1.58. The molecule has 0 radical (unpaired) electrons. The van der Waals surface area contributed by atoms with Gasteiger partial charge in [0.2, 0.25) is 0 Å². The molecule has 22 heavy (non-hydrogen) atoms. The number of carbonyl (C=O) groups is 1. The van der Waals surface area contributed by atoms with Crippen LogP contribution in [-0.2, 0) is 0 Å². The van der Waals surface area contributed by atoms with Gasteiger partial charge in [-0.3, -0.25) is 4.79 Å². The van der Waals surface area contributed by atoms with Crippen LogP contribution in [0, 0.1) is 5.82 Å². The summed E-state index contributed by atoms with van der Waals surface area (Å²) >= 11 is 3.18. The van der Waals surface area contributed by atoms with Gasteiger partial charge in [-0.1, -0.05) is 15.9 Å². The van der Waals surface area contributed by atoms with Gasteiger partial charge in [0.1, 0.15) is 5.82 Å². The van der Waals surface area contributed by atoms with E-state index in [0.717, 1.165) is 5.69 Å². The second kappa shape index (κ2) is 6.15. The third-order valence-corrected chi connectivity index (χ3v) is 3.70. The van der Waals surface area contributed by atoms with E-state index in [2.05, 4.69) is 21.2 Å². The van der Waals surface area contributed by atoms with E-state index in [-0.39, 0.29) is 11.6 Å². The highest BCUT2D eigenvalue weighted by Crippen LogP contribution is 2.20. The van der Waals surface area contributed by atoms with Crippen LogP contribution in [0.5, 0.6) is 0 Å². The van der Waals surface area contributed by atoms with E-state index in [9.17, 15) is 9.18 Å². The average Bonchev–Trinajstić information content (AvgIpc) is 3.04. The van der Waals surface area contributed by atoms with E-state index in [1.807, 2.05) is 41.2 Å². The molecule has 3 nitrogen and oxygen atoms in total. The number of rotatable bonds is 3. The number of hydrogen-bond donors (Lipinski definition) is 1. The van der Waals surface area contributed by atoms with Gasteiger partial charge in [0.25, 0.3) is 5.91 Å². The summed E-state index contributed by atoms with van der Waals surface area (Å²) in [6.07, 6.45) is 3.85. The molecular formula is C17H12BrFN2O. The molecule has 1 amide bonds. The van der Waals surface area contributed by atoms with Crippen LogP contribution >= 0.6 is 15.9 Å². The van der Waals surface area contributed by atoms with Crippen LogP contribution < -0.4 is 5.32 Å². The second-order valence-corrected chi connectivity index (χ2v) is 5.63. The molecule has 0 fully saturated rings. The predicted octanol–water partition coefficient (Wildman–Crippen LogP) is 4.63. The predicted molar refractivity (Wildman–Crippen MR) is 87.8 cm³/mol. The maximum absolute atomic E-state index is 13.7. The van der Waals surface area contributed by atoms with Crippen molar-refractivity contribution in [3.8, 4) is 5.69 Å². The molecular weight excluding hydrogens is 347 g/mol. The molecule has 0 aliphatic rings. The number of aromatic nitrogens is 1. The molecule has 3 aromatic rings. The Morgan fingerprint density at radius 3 is 2.36 bits per heavy atom. The van der Waals surface area contributed by atoms with Crippen LogP contribution in [0.2, 0.25) is 0 Å². The van der Waals surface area contributed by atoms with Crippen molar-refractivity contribution in [1.29, 1.82) is 0 Å². The first-order valence-corrected chi connectivity index (χ1v) is 7.42. The minimum Gasteiger partial charge on any atom is -0.324 e. The van der Waals surface area contributed by atoms with Gasteiger partial charge in [0.15, 0.2) is 0 Å². The van der Waals surface area contributed by atoms with Gasteiger partial charge in [-0.25, -0.2) is 4.39 Å². The zero-order valence-electron chi connectivity index (χ0n) is 11.5. The van der Waals surface area contributed by atoms with Crippen molar-refractivity contribution in [2.24, 2.45) is 0 Å². The summed E-state index contributed by atoms with van der Waals surface area (Å²) in [6.45, 7) is 0. The number of hydrogen-bond acceptors (Lipinski definition) is 1. The van der Waals surface area contributed by atoms with E-state index in [4.69, 9.17) is 0 Å². The van der Waals surface area contributed by atoms with Crippen molar-refractivity contribution in [2.45, 2.75) is 0 Å². The monoisotopic (exact) mass is 358 g/mol. The van der Waals surface area contributed by atoms with Crippen molar-refractivity contribution in [3.05, 3.63) is 82.8 Å². The molecule has 3 rings (SSSR count). The van der Waals surface area contributed by atoms with Crippen molar-refractivity contribution in [3.63, 3.8) is 0 Å². The van der Waals surface area contributed by atoms with Gasteiger partial charge in [-0.05, 0) is 54.6 Å². The maximum atomic E-state index is 13.7. The van der Waals surface area contributed by atoms with Crippen molar-refractivity contribution >= 4 is 27.5 Å². The molecule has 0 spiro atoms. The number of amides is 1. The third kappa shape index (κ3) is 3.09. The Kier molecular flexibility index (Phi) is 4.06. The van der Waals surface area contributed by atoms with E-state index in [1.54, 1.807) is 18.2 Å². The van der Waals surface area contributed by atoms with Crippen LogP contribution in [0.3, 0.4) is 0 Å².